The van der Waals surface area contributed by atoms with Crippen molar-refractivity contribution in [2.75, 3.05) is 7.11 Å². The number of Topliss-reactive ketones (excluding diaryl/α,β-unsaturated/α-hetero) is 1. The van der Waals surface area contributed by atoms with Gasteiger partial charge >= 0.3 is 0 Å². The van der Waals surface area contributed by atoms with Gasteiger partial charge in [0.15, 0.2) is 17.4 Å². The quantitative estimate of drug-likeness (QED) is 0.757. The number of methoxy groups -OCH3 is 1. The molecule has 0 aliphatic heterocycles. The molecule has 0 aromatic heterocycles. The Morgan fingerprint density at radius 3 is 2.52 bits per heavy atom. The number of halogens is 3. The van der Waals surface area contributed by atoms with E-state index in [0.29, 0.717) is 16.9 Å². The van der Waals surface area contributed by atoms with Gasteiger partial charge in [-0.1, -0.05) is 22.0 Å². The summed E-state index contributed by atoms with van der Waals surface area (Å²) >= 11 is 3.37. The Morgan fingerprint density at radius 2 is 1.90 bits per heavy atom. The monoisotopic (exact) mass is 354 g/mol. The van der Waals surface area contributed by atoms with E-state index in [4.69, 9.17) is 4.74 Å². The van der Waals surface area contributed by atoms with E-state index in [2.05, 4.69) is 15.9 Å². The van der Waals surface area contributed by atoms with Gasteiger partial charge in [0.05, 0.1) is 12.7 Å². The molecule has 0 atom stereocenters. The summed E-state index contributed by atoms with van der Waals surface area (Å²) in [5, 5.41) is 0. The second-order valence-corrected chi connectivity index (χ2v) is 5.50. The lowest BCUT2D eigenvalue weighted by molar-refractivity contribution is 0.0990. The molecular formula is C16H13BrF2O2. The van der Waals surface area contributed by atoms with E-state index < -0.39 is 11.6 Å². The molecule has 0 radical (unpaired) electrons. The molecule has 2 nitrogen and oxygen atoms in total. The molecule has 2 aromatic rings. The first-order valence-electron chi connectivity index (χ1n) is 6.23. The lowest BCUT2D eigenvalue weighted by atomic mass is 10.0. The van der Waals surface area contributed by atoms with Crippen LogP contribution in [0.15, 0.2) is 34.8 Å². The Hall–Kier alpha value is -1.75. The van der Waals surface area contributed by atoms with Crippen LogP contribution in [0.2, 0.25) is 0 Å². The first-order valence-corrected chi connectivity index (χ1v) is 7.03. The zero-order chi connectivity index (χ0) is 15.6. The Kier molecular flexibility index (Phi) is 4.73. The highest BCUT2D eigenvalue weighted by Crippen LogP contribution is 2.28. The third kappa shape index (κ3) is 3.47. The standard InChI is InChI=1S/C16H13BrF2O2/c1-9-5-16(21-2)11(8-12(9)17)15(20)7-10-3-4-13(18)14(19)6-10/h3-6,8H,7H2,1-2H3. The van der Waals surface area contributed by atoms with Crippen molar-refractivity contribution in [2.24, 2.45) is 0 Å². The maximum absolute atomic E-state index is 13.2. The average Bonchev–Trinajstić information content (AvgIpc) is 2.45. The van der Waals surface area contributed by atoms with Gasteiger partial charge in [0.2, 0.25) is 0 Å². The average molecular weight is 355 g/mol. The molecule has 0 spiro atoms. The Balaban J connectivity index is 2.31. The zero-order valence-electron chi connectivity index (χ0n) is 11.5. The molecule has 5 heteroatoms. The van der Waals surface area contributed by atoms with Crippen molar-refractivity contribution in [2.45, 2.75) is 13.3 Å². The third-order valence-electron chi connectivity index (χ3n) is 3.13. The van der Waals surface area contributed by atoms with Crippen LogP contribution in [0.4, 0.5) is 8.78 Å². The van der Waals surface area contributed by atoms with Crippen LogP contribution in [0.1, 0.15) is 21.5 Å². The maximum atomic E-state index is 13.2. The van der Waals surface area contributed by atoms with Crippen LogP contribution in [0.3, 0.4) is 0 Å². The van der Waals surface area contributed by atoms with E-state index >= 15 is 0 Å². The van der Waals surface area contributed by atoms with Gasteiger partial charge in [0.1, 0.15) is 5.75 Å². The van der Waals surface area contributed by atoms with Crippen LogP contribution in [0.5, 0.6) is 5.75 Å². The Bertz CT molecular complexity index is 699. The summed E-state index contributed by atoms with van der Waals surface area (Å²) in [6.45, 7) is 1.89. The number of hydrogen-bond acceptors (Lipinski definition) is 2. The Labute approximate surface area is 129 Å². The molecule has 0 saturated heterocycles. The van der Waals surface area contributed by atoms with Gasteiger partial charge in [-0.2, -0.15) is 0 Å². The van der Waals surface area contributed by atoms with Crippen molar-refractivity contribution in [1.82, 2.24) is 0 Å². The molecule has 110 valence electrons. The van der Waals surface area contributed by atoms with Crippen molar-refractivity contribution < 1.29 is 18.3 Å². The molecule has 0 heterocycles. The molecule has 0 N–H and O–H groups in total. The maximum Gasteiger partial charge on any atom is 0.170 e. The van der Waals surface area contributed by atoms with Crippen LogP contribution in [-0.4, -0.2) is 12.9 Å². The molecule has 0 amide bonds. The number of ether oxygens (including phenoxy) is 1. The van der Waals surface area contributed by atoms with E-state index in [1.807, 2.05) is 6.92 Å². The van der Waals surface area contributed by atoms with Gasteiger partial charge in [-0.3, -0.25) is 4.79 Å². The molecule has 0 aliphatic rings. The largest absolute Gasteiger partial charge is 0.496 e. The lowest BCUT2D eigenvalue weighted by Crippen LogP contribution is -2.07. The highest BCUT2D eigenvalue weighted by Gasteiger charge is 2.16. The summed E-state index contributed by atoms with van der Waals surface area (Å²) in [5.41, 5.74) is 1.76. The minimum Gasteiger partial charge on any atom is -0.496 e. The SMILES string of the molecule is COc1cc(C)c(Br)cc1C(=O)Cc1ccc(F)c(F)c1. The predicted octanol–water partition coefficient (Wildman–Crippen LogP) is 4.47. The highest BCUT2D eigenvalue weighted by atomic mass is 79.9. The fourth-order valence-corrected chi connectivity index (χ4v) is 2.32. The second-order valence-electron chi connectivity index (χ2n) is 4.65. The van der Waals surface area contributed by atoms with Crippen LogP contribution in [-0.2, 0) is 6.42 Å². The molecule has 0 bridgehead atoms. The summed E-state index contributed by atoms with van der Waals surface area (Å²) in [7, 11) is 1.48. The summed E-state index contributed by atoms with van der Waals surface area (Å²) in [5.74, 6) is -1.65. The topological polar surface area (TPSA) is 26.3 Å². The second kappa shape index (κ2) is 6.35. The smallest absolute Gasteiger partial charge is 0.170 e. The summed E-state index contributed by atoms with van der Waals surface area (Å²) in [4.78, 5) is 12.3. The summed E-state index contributed by atoms with van der Waals surface area (Å²) in [6.07, 6.45) is -0.0247. The molecule has 2 aromatic carbocycles. The molecule has 0 unspecified atom stereocenters. The van der Waals surface area contributed by atoms with E-state index in [1.165, 1.54) is 13.2 Å². The molecule has 0 fully saturated rings. The van der Waals surface area contributed by atoms with Crippen LogP contribution >= 0.6 is 15.9 Å². The van der Waals surface area contributed by atoms with Crippen molar-refractivity contribution in [3.63, 3.8) is 0 Å². The number of ketones is 1. The highest BCUT2D eigenvalue weighted by molar-refractivity contribution is 9.10. The number of aryl methyl sites for hydroxylation is 1. The van der Waals surface area contributed by atoms with Gasteiger partial charge in [-0.25, -0.2) is 8.78 Å². The Morgan fingerprint density at radius 1 is 1.19 bits per heavy atom. The minimum absolute atomic E-state index is 0.0247. The summed E-state index contributed by atoms with van der Waals surface area (Å²) in [6, 6.07) is 6.87. The molecule has 2 rings (SSSR count). The number of carbonyl (C=O) groups is 1. The van der Waals surface area contributed by atoms with Crippen LogP contribution in [0, 0.1) is 18.6 Å². The fraction of sp³-hybridized carbons (Fsp3) is 0.188. The normalized spacial score (nSPS) is 10.5. The van der Waals surface area contributed by atoms with Gasteiger partial charge in [0.25, 0.3) is 0 Å². The van der Waals surface area contributed by atoms with Crippen molar-refractivity contribution in [3.8, 4) is 5.75 Å². The van der Waals surface area contributed by atoms with Gasteiger partial charge in [-0.05, 0) is 42.3 Å². The number of carbonyl (C=O) groups excluding carboxylic acids is 1. The molecule has 0 saturated carbocycles. The fourth-order valence-electron chi connectivity index (χ4n) is 1.97. The van der Waals surface area contributed by atoms with Crippen molar-refractivity contribution in [3.05, 3.63) is 63.1 Å². The number of hydrogen-bond donors (Lipinski definition) is 0. The zero-order valence-corrected chi connectivity index (χ0v) is 13.1. The van der Waals surface area contributed by atoms with E-state index in [0.717, 1.165) is 22.2 Å². The van der Waals surface area contributed by atoms with E-state index in [9.17, 15) is 13.6 Å². The predicted molar refractivity (Wildman–Crippen MR) is 79.8 cm³/mol. The summed E-state index contributed by atoms with van der Waals surface area (Å²) < 4.78 is 32.1. The van der Waals surface area contributed by atoms with E-state index in [-0.39, 0.29) is 12.2 Å². The van der Waals surface area contributed by atoms with Gasteiger partial charge < -0.3 is 4.74 Å². The molecular weight excluding hydrogens is 342 g/mol. The first kappa shape index (κ1) is 15.6. The van der Waals surface area contributed by atoms with Crippen molar-refractivity contribution >= 4 is 21.7 Å². The lowest BCUT2D eigenvalue weighted by Gasteiger charge is -2.10. The van der Waals surface area contributed by atoms with Gasteiger partial charge in [0, 0.05) is 10.9 Å². The molecule has 0 aliphatic carbocycles. The first-order chi connectivity index (χ1) is 9.92. The van der Waals surface area contributed by atoms with Gasteiger partial charge in [-0.15, -0.1) is 0 Å². The number of rotatable bonds is 4. The molecule has 21 heavy (non-hydrogen) atoms. The minimum atomic E-state index is -0.961. The van der Waals surface area contributed by atoms with Crippen LogP contribution in [0.25, 0.3) is 0 Å². The van der Waals surface area contributed by atoms with Crippen LogP contribution < -0.4 is 4.74 Å². The number of benzene rings is 2. The van der Waals surface area contributed by atoms with Crippen molar-refractivity contribution in [1.29, 1.82) is 0 Å². The third-order valence-corrected chi connectivity index (χ3v) is 3.98. The van der Waals surface area contributed by atoms with E-state index in [1.54, 1.807) is 12.1 Å².